The quantitative estimate of drug-likeness (QED) is 0.630. The van der Waals surface area contributed by atoms with E-state index in [4.69, 9.17) is 9.47 Å². The van der Waals surface area contributed by atoms with E-state index >= 15 is 0 Å². The van der Waals surface area contributed by atoms with Crippen molar-refractivity contribution in [2.75, 3.05) is 32.8 Å². The topological polar surface area (TPSA) is 59.0 Å². The van der Waals surface area contributed by atoms with Crippen molar-refractivity contribution in [3.63, 3.8) is 0 Å². The fraction of sp³-hybridized carbons (Fsp3) is 0.346. The number of carbonyl (C=O) groups is 1. The number of aliphatic hydroxyl groups is 1. The number of hydrogen-bond donors (Lipinski definition) is 1. The van der Waals surface area contributed by atoms with E-state index in [1.165, 1.54) is 5.39 Å². The molecule has 5 heteroatoms. The number of β-amino-alcohol motifs (C(OH)–C–C–N with tert-alkyl or cyclic N) is 1. The van der Waals surface area contributed by atoms with Crippen molar-refractivity contribution in [3.05, 3.63) is 71.8 Å². The Balaban J connectivity index is 1.18. The molecule has 160 valence electrons. The predicted molar refractivity (Wildman–Crippen MR) is 120 cm³/mol. The van der Waals surface area contributed by atoms with Gasteiger partial charge in [-0.1, -0.05) is 36.4 Å². The van der Waals surface area contributed by atoms with Gasteiger partial charge in [-0.2, -0.15) is 0 Å². The van der Waals surface area contributed by atoms with Gasteiger partial charge in [-0.15, -0.1) is 0 Å². The molecular weight excluding hydrogens is 390 g/mol. The van der Waals surface area contributed by atoms with E-state index < -0.39 is 6.10 Å². The van der Waals surface area contributed by atoms with Gasteiger partial charge in [0, 0.05) is 18.0 Å². The summed E-state index contributed by atoms with van der Waals surface area (Å²) < 4.78 is 11.2. The summed E-state index contributed by atoms with van der Waals surface area (Å²) in [5.74, 6) is 1.55. The number of carbonyl (C=O) groups excluding carboxylic acids is 1. The third-order valence-electron chi connectivity index (χ3n) is 6.37. The Hall–Kier alpha value is -2.89. The van der Waals surface area contributed by atoms with Crippen LogP contribution in [0.15, 0.2) is 60.7 Å². The first-order chi connectivity index (χ1) is 15.2. The maximum Gasteiger partial charge on any atom is 0.166 e. The van der Waals surface area contributed by atoms with E-state index in [9.17, 15) is 9.90 Å². The summed E-state index contributed by atoms with van der Waals surface area (Å²) in [6, 6.07) is 19.8. The summed E-state index contributed by atoms with van der Waals surface area (Å²) in [4.78, 5) is 15.3. The molecule has 2 heterocycles. The molecule has 3 aromatic carbocycles. The van der Waals surface area contributed by atoms with Gasteiger partial charge in [0.15, 0.2) is 17.3 Å². The van der Waals surface area contributed by atoms with Gasteiger partial charge in [0.05, 0.1) is 6.10 Å². The lowest BCUT2D eigenvalue weighted by Crippen LogP contribution is -2.38. The molecule has 31 heavy (non-hydrogen) atoms. The number of ketones is 1. The maximum atomic E-state index is 13.0. The van der Waals surface area contributed by atoms with Gasteiger partial charge in [0.25, 0.3) is 0 Å². The minimum absolute atomic E-state index is 0.0108. The molecule has 5 rings (SSSR count). The van der Waals surface area contributed by atoms with Crippen LogP contribution in [-0.2, 0) is 0 Å². The van der Waals surface area contributed by atoms with Gasteiger partial charge < -0.3 is 19.5 Å². The molecule has 0 aromatic heterocycles. The third kappa shape index (κ3) is 4.29. The van der Waals surface area contributed by atoms with Crippen LogP contribution in [0, 0.1) is 5.92 Å². The molecule has 1 saturated heterocycles. The SMILES string of the molecule is O=C(c1ccc2c(c1)OCCO2)C1CCN(CC(O)c2ccc3ccccc3c2)CC1. The van der Waals surface area contributed by atoms with Crippen molar-refractivity contribution < 1.29 is 19.4 Å². The molecular formula is C26H27NO4. The van der Waals surface area contributed by atoms with Gasteiger partial charge in [-0.25, -0.2) is 0 Å². The van der Waals surface area contributed by atoms with Gasteiger partial charge in [-0.3, -0.25) is 4.79 Å². The van der Waals surface area contributed by atoms with Crippen molar-refractivity contribution in [2.45, 2.75) is 18.9 Å². The molecule has 0 saturated carbocycles. The summed E-state index contributed by atoms with van der Waals surface area (Å²) in [5.41, 5.74) is 1.63. The number of aliphatic hydroxyl groups excluding tert-OH is 1. The molecule has 0 radical (unpaired) electrons. The molecule has 0 aliphatic carbocycles. The zero-order valence-corrected chi connectivity index (χ0v) is 17.5. The van der Waals surface area contributed by atoms with Gasteiger partial charge in [0.1, 0.15) is 13.2 Å². The normalized spacial score (nSPS) is 18.1. The highest BCUT2D eigenvalue weighted by molar-refractivity contribution is 5.98. The van der Waals surface area contributed by atoms with Gasteiger partial charge >= 0.3 is 0 Å². The van der Waals surface area contributed by atoms with E-state index in [1.54, 1.807) is 0 Å². The average Bonchev–Trinajstić information content (AvgIpc) is 2.83. The van der Waals surface area contributed by atoms with Crippen molar-refractivity contribution in [3.8, 4) is 11.5 Å². The number of hydrogen-bond acceptors (Lipinski definition) is 5. The number of Topliss-reactive ketones (excluding diaryl/α,β-unsaturated/α-hetero) is 1. The number of fused-ring (bicyclic) bond motifs is 2. The van der Waals surface area contributed by atoms with Crippen LogP contribution in [0.1, 0.15) is 34.9 Å². The van der Waals surface area contributed by atoms with Crippen molar-refractivity contribution in [1.29, 1.82) is 0 Å². The molecule has 1 atom stereocenters. The van der Waals surface area contributed by atoms with Crippen LogP contribution < -0.4 is 9.47 Å². The minimum atomic E-state index is -0.533. The summed E-state index contributed by atoms with van der Waals surface area (Å²) in [7, 11) is 0. The number of ether oxygens (including phenoxy) is 2. The van der Waals surface area contributed by atoms with Crippen molar-refractivity contribution in [1.82, 2.24) is 4.90 Å². The smallest absolute Gasteiger partial charge is 0.166 e. The number of likely N-dealkylation sites (tertiary alicyclic amines) is 1. The number of benzene rings is 3. The molecule has 1 unspecified atom stereocenters. The van der Waals surface area contributed by atoms with E-state index in [0.29, 0.717) is 36.8 Å². The lowest BCUT2D eigenvalue weighted by atomic mass is 9.88. The van der Waals surface area contributed by atoms with Crippen LogP contribution >= 0.6 is 0 Å². The van der Waals surface area contributed by atoms with Gasteiger partial charge in [-0.05, 0) is 66.5 Å². The van der Waals surface area contributed by atoms with Crippen molar-refractivity contribution in [2.24, 2.45) is 5.92 Å². The van der Waals surface area contributed by atoms with E-state index in [2.05, 4.69) is 29.2 Å². The zero-order valence-electron chi connectivity index (χ0n) is 17.5. The minimum Gasteiger partial charge on any atom is -0.486 e. The second-order valence-corrected chi connectivity index (χ2v) is 8.42. The average molecular weight is 418 g/mol. The van der Waals surface area contributed by atoms with Crippen LogP contribution in [0.2, 0.25) is 0 Å². The first kappa shape index (κ1) is 20.0. The standard InChI is InChI=1S/C26H27NO4/c28-23(21-6-5-18-3-1-2-4-20(18)15-21)17-27-11-9-19(10-12-27)26(29)22-7-8-24-25(16-22)31-14-13-30-24/h1-8,15-16,19,23,28H,9-14,17H2. The predicted octanol–water partition coefficient (Wildman–Crippen LogP) is 4.24. The second kappa shape index (κ2) is 8.69. The Bertz CT molecular complexity index is 1090. The molecule has 0 bridgehead atoms. The van der Waals surface area contributed by atoms with E-state index in [0.717, 1.165) is 36.9 Å². The lowest BCUT2D eigenvalue weighted by Gasteiger charge is -2.32. The third-order valence-corrected chi connectivity index (χ3v) is 6.37. The number of rotatable bonds is 5. The number of piperidine rings is 1. The highest BCUT2D eigenvalue weighted by Crippen LogP contribution is 2.33. The molecule has 2 aliphatic rings. The van der Waals surface area contributed by atoms with Crippen molar-refractivity contribution >= 4 is 16.6 Å². The van der Waals surface area contributed by atoms with Crippen LogP contribution in [0.3, 0.4) is 0 Å². The fourth-order valence-electron chi connectivity index (χ4n) is 4.58. The van der Waals surface area contributed by atoms with E-state index in [1.807, 2.05) is 36.4 Å². The van der Waals surface area contributed by atoms with Crippen LogP contribution in [-0.4, -0.2) is 48.6 Å². The van der Waals surface area contributed by atoms with E-state index in [-0.39, 0.29) is 11.7 Å². The highest BCUT2D eigenvalue weighted by atomic mass is 16.6. The van der Waals surface area contributed by atoms with Crippen LogP contribution in [0.5, 0.6) is 11.5 Å². The first-order valence-corrected chi connectivity index (χ1v) is 11.0. The molecule has 3 aromatic rings. The van der Waals surface area contributed by atoms with Crippen LogP contribution in [0.25, 0.3) is 10.8 Å². The Morgan fingerprint density at radius 1 is 0.935 bits per heavy atom. The molecule has 1 N–H and O–H groups in total. The number of nitrogens with zero attached hydrogens (tertiary/aromatic N) is 1. The Labute approximate surface area is 182 Å². The van der Waals surface area contributed by atoms with Crippen LogP contribution in [0.4, 0.5) is 0 Å². The summed E-state index contributed by atoms with van der Waals surface area (Å²) >= 11 is 0. The van der Waals surface area contributed by atoms with Gasteiger partial charge in [0.2, 0.25) is 0 Å². The Morgan fingerprint density at radius 3 is 2.48 bits per heavy atom. The molecule has 0 spiro atoms. The summed E-state index contributed by atoms with van der Waals surface area (Å²) in [6.07, 6.45) is 1.07. The molecule has 0 amide bonds. The lowest BCUT2D eigenvalue weighted by molar-refractivity contribution is 0.0726. The Kier molecular flexibility index (Phi) is 5.62. The summed E-state index contributed by atoms with van der Waals surface area (Å²) in [6.45, 7) is 3.27. The molecule has 1 fully saturated rings. The maximum absolute atomic E-state index is 13.0. The second-order valence-electron chi connectivity index (χ2n) is 8.42. The molecule has 5 nitrogen and oxygen atoms in total. The highest BCUT2D eigenvalue weighted by Gasteiger charge is 2.28. The molecule has 2 aliphatic heterocycles. The monoisotopic (exact) mass is 417 g/mol. The zero-order chi connectivity index (χ0) is 21.2. The summed E-state index contributed by atoms with van der Waals surface area (Å²) in [5, 5.41) is 13.1. The Morgan fingerprint density at radius 2 is 1.68 bits per heavy atom. The largest absolute Gasteiger partial charge is 0.486 e. The fourth-order valence-corrected chi connectivity index (χ4v) is 4.58. The first-order valence-electron chi connectivity index (χ1n) is 11.0.